The van der Waals surface area contributed by atoms with E-state index < -0.39 is 5.79 Å². The summed E-state index contributed by atoms with van der Waals surface area (Å²) < 4.78 is 11.4. The predicted octanol–water partition coefficient (Wildman–Crippen LogP) is 1.18. The number of hydrogen-bond donors (Lipinski definition) is 1. The SMILES string of the molecule is Nc1ccccc1CC(=O)N1CCCC2(C1)OCCO2. The van der Waals surface area contributed by atoms with Crippen molar-refractivity contribution in [2.75, 3.05) is 32.0 Å². The third kappa shape index (κ3) is 2.64. The van der Waals surface area contributed by atoms with Gasteiger partial charge in [0.2, 0.25) is 5.91 Å². The van der Waals surface area contributed by atoms with Gasteiger partial charge in [-0.15, -0.1) is 0 Å². The first-order chi connectivity index (χ1) is 9.69. The second kappa shape index (κ2) is 5.42. The lowest BCUT2D eigenvalue weighted by Gasteiger charge is -2.38. The number of carbonyl (C=O) groups excluding carboxylic acids is 1. The quantitative estimate of drug-likeness (QED) is 0.824. The van der Waals surface area contributed by atoms with Gasteiger partial charge in [-0.1, -0.05) is 18.2 Å². The van der Waals surface area contributed by atoms with E-state index in [9.17, 15) is 4.79 Å². The third-order valence-electron chi connectivity index (χ3n) is 3.98. The van der Waals surface area contributed by atoms with Crippen LogP contribution in [0, 0.1) is 0 Å². The van der Waals surface area contributed by atoms with E-state index in [1.54, 1.807) is 0 Å². The number of hydrogen-bond acceptors (Lipinski definition) is 4. The van der Waals surface area contributed by atoms with Crippen LogP contribution >= 0.6 is 0 Å². The molecule has 2 N–H and O–H groups in total. The zero-order valence-electron chi connectivity index (χ0n) is 11.5. The number of rotatable bonds is 2. The molecule has 1 amide bonds. The van der Waals surface area contributed by atoms with Crippen molar-refractivity contribution in [2.45, 2.75) is 25.0 Å². The summed E-state index contributed by atoms with van der Waals surface area (Å²) in [6.07, 6.45) is 2.11. The highest BCUT2D eigenvalue weighted by molar-refractivity contribution is 5.80. The number of para-hydroxylation sites is 1. The van der Waals surface area contributed by atoms with Gasteiger partial charge in [0.1, 0.15) is 0 Å². The summed E-state index contributed by atoms with van der Waals surface area (Å²) in [4.78, 5) is 14.3. The first-order valence-electron chi connectivity index (χ1n) is 7.08. The fraction of sp³-hybridized carbons (Fsp3) is 0.533. The Morgan fingerprint density at radius 1 is 1.30 bits per heavy atom. The molecule has 20 heavy (non-hydrogen) atoms. The average molecular weight is 276 g/mol. The van der Waals surface area contributed by atoms with Gasteiger partial charge in [0.15, 0.2) is 5.79 Å². The van der Waals surface area contributed by atoms with Crippen LogP contribution in [0.1, 0.15) is 18.4 Å². The first-order valence-corrected chi connectivity index (χ1v) is 7.08. The van der Waals surface area contributed by atoms with Crippen molar-refractivity contribution in [1.82, 2.24) is 4.90 Å². The number of anilines is 1. The molecule has 0 unspecified atom stereocenters. The molecule has 0 bridgehead atoms. The van der Waals surface area contributed by atoms with Gasteiger partial charge in [-0.2, -0.15) is 0 Å². The highest BCUT2D eigenvalue weighted by Gasteiger charge is 2.41. The molecule has 1 spiro atoms. The lowest BCUT2D eigenvalue weighted by Crippen LogP contribution is -2.51. The highest BCUT2D eigenvalue weighted by Crippen LogP contribution is 2.30. The molecule has 1 aromatic rings. The maximum atomic E-state index is 12.4. The summed E-state index contributed by atoms with van der Waals surface area (Å²) in [5.74, 6) is -0.475. The van der Waals surface area contributed by atoms with Crippen molar-refractivity contribution in [3.63, 3.8) is 0 Å². The Labute approximate surface area is 118 Å². The van der Waals surface area contributed by atoms with Gasteiger partial charge in [-0.3, -0.25) is 4.79 Å². The average Bonchev–Trinajstić information content (AvgIpc) is 2.89. The van der Waals surface area contributed by atoms with E-state index in [-0.39, 0.29) is 5.91 Å². The maximum Gasteiger partial charge on any atom is 0.227 e. The van der Waals surface area contributed by atoms with Crippen LogP contribution in [0.4, 0.5) is 5.69 Å². The number of nitrogens with two attached hydrogens (primary N) is 1. The van der Waals surface area contributed by atoms with Crippen LogP contribution in [-0.2, 0) is 20.7 Å². The van der Waals surface area contributed by atoms with E-state index in [1.807, 2.05) is 29.2 Å². The molecule has 5 nitrogen and oxygen atoms in total. The van der Waals surface area contributed by atoms with Crippen molar-refractivity contribution < 1.29 is 14.3 Å². The summed E-state index contributed by atoms with van der Waals surface area (Å²) in [6.45, 7) is 2.53. The van der Waals surface area contributed by atoms with E-state index in [0.29, 0.717) is 31.9 Å². The monoisotopic (exact) mass is 276 g/mol. The minimum atomic E-state index is -0.559. The zero-order chi connectivity index (χ0) is 14.0. The maximum absolute atomic E-state index is 12.4. The van der Waals surface area contributed by atoms with E-state index in [1.165, 1.54) is 0 Å². The van der Waals surface area contributed by atoms with Gasteiger partial charge in [0, 0.05) is 18.7 Å². The van der Waals surface area contributed by atoms with Crippen LogP contribution in [-0.4, -0.2) is 42.9 Å². The Kier molecular flexibility index (Phi) is 3.63. The largest absolute Gasteiger partial charge is 0.398 e. The summed E-state index contributed by atoms with van der Waals surface area (Å²) in [5, 5.41) is 0. The highest BCUT2D eigenvalue weighted by atomic mass is 16.7. The lowest BCUT2D eigenvalue weighted by atomic mass is 10.0. The van der Waals surface area contributed by atoms with Crippen LogP contribution < -0.4 is 5.73 Å². The van der Waals surface area contributed by atoms with Gasteiger partial charge in [0.25, 0.3) is 0 Å². The first kappa shape index (κ1) is 13.4. The van der Waals surface area contributed by atoms with Gasteiger partial charge in [-0.05, 0) is 18.1 Å². The Morgan fingerprint density at radius 3 is 2.80 bits per heavy atom. The number of carbonyl (C=O) groups is 1. The van der Waals surface area contributed by atoms with Crippen molar-refractivity contribution in [2.24, 2.45) is 0 Å². The Balaban J connectivity index is 1.66. The second-order valence-electron chi connectivity index (χ2n) is 5.40. The predicted molar refractivity (Wildman–Crippen MR) is 75.0 cm³/mol. The summed E-state index contributed by atoms with van der Waals surface area (Å²) >= 11 is 0. The minimum absolute atomic E-state index is 0.0843. The molecule has 2 saturated heterocycles. The Bertz CT molecular complexity index is 498. The van der Waals surface area contributed by atoms with Crippen LogP contribution in [0.5, 0.6) is 0 Å². The normalized spacial score (nSPS) is 21.3. The molecule has 1 aromatic carbocycles. The number of nitrogens with zero attached hydrogens (tertiary/aromatic N) is 1. The molecule has 2 aliphatic rings. The number of nitrogen functional groups attached to an aromatic ring is 1. The molecule has 2 fully saturated rings. The van der Waals surface area contributed by atoms with Gasteiger partial charge >= 0.3 is 0 Å². The van der Waals surface area contributed by atoms with E-state index in [0.717, 1.165) is 24.9 Å². The van der Waals surface area contributed by atoms with Crippen LogP contribution in [0.25, 0.3) is 0 Å². The Hall–Kier alpha value is -1.59. The van der Waals surface area contributed by atoms with Crippen molar-refractivity contribution >= 4 is 11.6 Å². The number of ether oxygens (including phenoxy) is 2. The van der Waals surface area contributed by atoms with Crippen molar-refractivity contribution in [3.8, 4) is 0 Å². The molecule has 5 heteroatoms. The molecule has 108 valence electrons. The smallest absolute Gasteiger partial charge is 0.227 e. The molecular formula is C15H20N2O3. The number of piperidine rings is 1. The molecule has 0 aromatic heterocycles. The topological polar surface area (TPSA) is 64.8 Å². The van der Waals surface area contributed by atoms with Gasteiger partial charge < -0.3 is 20.1 Å². The molecule has 2 aliphatic heterocycles. The molecular weight excluding hydrogens is 256 g/mol. The fourth-order valence-corrected chi connectivity index (χ4v) is 2.90. The van der Waals surface area contributed by atoms with Crippen LogP contribution in [0.15, 0.2) is 24.3 Å². The van der Waals surface area contributed by atoms with Crippen LogP contribution in [0.2, 0.25) is 0 Å². The lowest BCUT2D eigenvalue weighted by molar-refractivity contribution is -0.192. The number of benzene rings is 1. The molecule has 0 saturated carbocycles. The molecule has 0 radical (unpaired) electrons. The molecule has 0 atom stereocenters. The molecule has 3 rings (SSSR count). The fourth-order valence-electron chi connectivity index (χ4n) is 2.90. The summed E-state index contributed by atoms with van der Waals surface area (Å²) in [5.41, 5.74) is 7.44. The van der Waals surface area contributed by atoms with Gasteiger partial charge in [0.05, 0.1) is 26.2 Å². The minimum Gasteiger partial charge on any atom is -0.398 e. The summed E-state index contributed by atoms with van der Waals surface area (Å²) in [6, 6.07) is 7.50. The molecule has 2 heterocycles. The van der Waals surface area contributed by atoms with Gasteiger partial charge in [-0.25, -0.2) is 0 Å². The number of likely N-dealkylation sites (tertiary alicyclic amines) is 1. The van der Waals surface area contributed by atoms with E-state index in [4.69, 9.17) is 15.2 Å². The van der Waals surface area contributed by atoms with E-state index >= 15 is 0 Å². The Morgan fingerprint density at radius 2 is 2.05 bits per heavy atom. The van der Waals surface area contributed by atoms with Crippen molar-refractivity contribution in [3.05, 3.63) is 29.8 Å². The van der Waals surface area contributed by atoms with Crippen molar-refractivity contribution in [1.29, 1.82) is 0 Å². The van der Waals surface area contributed by atoms with Crippen LogP contribution in [0.3, 0.4) is 0 Å². The number of amides is 1. The summed E-state index contributed by atoms with van der Waals surface area (Å²) in [7, 11) is 0. The van der Waals surface area contributed by atoms with E-state index in [2.05, 4.69) is 0 Å². The second-order valence-corrected chi connectivity index (χ2v) is 5.40. The zero-order valence-corrected chi connectivity index (χ0v) is 11.5. The molecule has 0 aliphatic carbocycles. The standard InChI is InChI=1S/C15H20N2O3/c16-13-5-2-1-4-12(13)10-14(18)17-7-3-6-15(11-17)19-8-9-20-15/h1-2,4-5H,3,6-11,16H2. The third-order valence-corrected chi connectivity index (χ3v) is 3.98.